The van der Waals surface area contributed by atoms with Gasteiger partial charge in [-0.2, -0.15) is 0 Å². The van der Waals surface area contributed by atoms with E-state index in [1.54, 1.807) is 0 Å². The van der Waals surface area contributed by atoms with Gasteiger partial charge >= 0.3 is 0 Å². The van der Waals surface area contributed by atoms with Crippen LogP contribution in [-0.2, 0) is 9.53 Å². The molecule has 2 nitrogen and oxygen atoms in total. The summed E-state index contributed by atoms with van der Waals surface area (Å²) < 4.78 is 18.5. The summed E-state index contributed by atoms with van der Waals surface area (Å²) >= 11 is 0. The number of carbonyl (C=O) groups is 1. The number of Topliss-reactive ketones (excluding diaryl/α,β-unsaturated/α-hetero) is 1. The Morgan fingerprint density at radius 2 is 1.71 bits per heavy atom. The molecule has 1 aliphatic carbocycles. The molecule has 0 bridgehead atoms. The average molecular weight is 288 g/mol. The first-order chi connectivity index (χ1) is 10.3. The monoisotopic (exact) mass is 288 g/mol. The first-order valence-electron chi connectivity index (χ1n) is 7.77. The molecule has 1 aromatic rings. The fourth-order valence-electron chi connectivity index (χ4n) is 3.49. The zero-order valence-corrected chi connectivity index (χ0v) is 12.1. The molecule has 1 aliphatic heterocycles. The van der Waals surface area contributed by atoms with E-state index in [9.17, 15) is 9.18 Å². The minimum atomic E-state index is -0.225. The third-order valence-electron chi connectivity index (χ3n) is 4.72. The van der Waals surface area contributed by atoms with Crippen molar-refractivity contribution in [2.24, 2.45) is 11.8 Å². The van der Waals surface area contributed by atoms with Gasteiger partial charge in [0.05, 0.1) is 0 Å². The predicted octanol–water partition coefficient (Wildman–Crippen LogP) is 3.87. The minimum absolute atomic E-state index is 0.0311. The molecule has 3 rings (SSSR count). The van der Waals surface area contributed by atoms with Gasteiger partial charge < -0.3 is 4.74 Å². The van der Waals surface area contributed by atoms with E-state index in [2.05, 4.69) is 12.2 Å². The van der Waals surface area contributed by atoms with E-state index >= 15 is 0 Å². The van der Waals surface area contributed by atoms with Crippen molar-refractivity contribution in [3.8, 4) is 0 Å². The van der Waals surface area contributed by atoms with Crippen LogP contribution in [0.15, 0.2) is 36.4 Å². The third-order valence-corrected chi connectivity index (χ3v) is 4.72. The number of benzene rings is 1. The van der Waals surface area contributed by atoms with Crippen LogP contribution in [0.1, 0.15) is 37.2 Å². The fraction of sp³-hybridized carbons (Fsp3) is 0.500. The Kier molecular flexibility index (Phi) is 4.49. The Bertz CT molecular complexity index is 515. The number of carbonyl (C=O) groups excluding carboxylic acids is 1. The minimum Gasteiger partial charge on any atom is -0.381 e. The molecule has 0 radical (unpaired) electrons. The van der Waals surface area contributed by atoms with Gasteiger partial charge in [0.25, 0.3) is 0 Å². The molecule has 0 spiro atoms. The summed E-state index contributed by atoms with van der Waals surface area (Å²) in [7, 11) is 0. The van der Waals surface area contributed by atoms with Crippen molar-refractivity contribution in [3.05, 3.63) is 47.8 Å². The molecule has 1 aromatic carbocycles. The van der Waals surface area contributed by atoms with Gasteiger partial charge in [0.2, 0.25) is 0 Å². The summed E-state index contributed by atoms with van der Waals surface area (Å²) in [6, 6.07) is 6.63. The van der Waals surface area contributed by atoms with E-state index in [4.69, 9.17) is 4.74 Å². The lowest BCUT2D eigenvalue weighted by molar-refractivity contribution is -0.130. The van der Waals surface area contributed by atoms with Crippen molar-refractivity contribution in [3.63, 3.8) is 0 Å². The molecule has 0 aromatic heterocycles. The summed E-state index contributed by atoms with van der Waals surface area (Å²) in [6.45, 7) is 1.39. The molecule has 1 saturated heterocycles. The van der Waals surface area contributed by atoms with Crippen molar-refractivity contribution in [2.75, 3.05) is 13.2 Å². The number of ether oxygens (including phenoxy) is 1. The predicted molar refractivity (Wildman–Crippen MR) is 79.6 cm³/mol. The van der Waals surface area contributed by atoms with E-state index in [1.807, 2.05) is 12.1 Å². The topological polar surface area (TPSA) is 26.3 Å². The van der Waals surface area contributed by atoms with Crippen LogP contribution in [0.3, 0.4) is 0 Å². The molecule has 0 N–H and O–H groups in total. The third kappa shape index (κ3) is 3.24. The van der Waals surface area contributed by atoms with Gasteiger partial charge in [0.15, 0.2) is 0 Å². The lowest BCUT2D eigenvalue weighted by Crippen LogP contribution is -2.33. The second kappa shape index (κ2) is 6.52. The van der Waals surface area contributed by atoms with Crippen LogP contribution >= 0.6 is 0 Å². The molecule has 3 heteroatoms. The fourth-order valence-corrected chi connectivity index (χ4v) is 3.49. The Labute approximate surface area is 125 Å². The molecular formula is C18H21FO2. The van der Waals surface area contributed by atoms with Crippen LogP contribution < -0.4 is 0 Å². The highest BCUT2D eigenvalue weighted by Crippen LogP contribution is 2.38. The molecular weight excluding hydrogens is 267 g/mol. The van der Waals surface area contributed by atoms with Gasteiger partial charge in [-0.3, -0.25) is 4.79 Å². The summed E-state index contributed by atoms with van der Waals surface area (Å²) in [5.74, 6) is 0.502. The number of halogens is 1. The zero-order chi connectivity index (χ0) is 14.7. The molecule has 1 fully saturated rings. The Morgan fingerprint density at radius 3 is 2.43 bits per heavy atom. The van der Waals surface area contributed by atoms with Crippen LogP contribution in [-0.4, -0.2) is 19.0 Å². The highest BCUT2D eigenvalue weighted by Gasteiger charge is 2.34. The SMILES string of the molecule is O=C(C1CCOCC1)C1CC=CC[C@@H]1c1ccc(F)cc1. The van der Waals surface area contributed by atoms with E-state index in [0.29, 0.717) is 19.0 Å². The second-order valence-electron chi connectivity index (χ2n) is 6.00. The lowest BCUT2D eigenvalue weighted by Gasteiger charge is -2.32. The molecule has 0 saturated carbocycles. The molecule has 21 heavy (non-hydrogen) atoms. The number of hydrogen-bond donors (Lipinski definition) is 0. The normalized spacial score (nSPS) is 26.7. The molecule has 1 heterocycles. The molecule has 2 atom stereocenters. The van der Waals surface area contributed by atoms with Crippen LogP contribution in [0.4, 0.5) is 4.39 Å². The van der Waals surface area contributed by atoms with Gasteiger partial charge in [0.1, 0.15) is 11.6 Å². The van der Waals surface area contributed by atoms with Gasteiger partial charge in [-0.25, -0.2) is 4.39 Å². The standard InChI is InChI=1S/C18H21FO2/c19-15-7-5-13(6-8-15)16-3-1-2-4-17(16)18(20)14-9-11-21-12-10-14/h1-2,5-8,14,16-17H,3-4,9-12H2/t16-,17?/m1/s1. The number of hydrogen-bond acceptors (Lipinski definition) is 2. The first kappa shape index (κ1) is 14.5. The van der Waals surface area contributed by atoms with Crippen molar-refractivity contribution in [1.82, 2.24) is 0 Å². The van der Waals surface area contributed by atoms with Crippen LogP contribution in [0.5, 0.6) is 0 Å². The van der Waals surface area contributed by atoms with Crippen LogP contribution in [0, 0.1) is 17.7 Å². The smallest absolute Gasteiger partial charge is 0.140 e. The number of rotatable bonds is 3. The maximum Gasteiger partial charge on any atom is 0.140 e. The molecule has 0 amide bonds. The van der Waals surface area contributed by atoms with Crippen LogP contribution in [0.2, 0.25) is 0 Å². The number of ketones is 1. The quantitative estimate of drug-likeness (QED) is 0.789. The largest absolute Gasteiger partial charge is 0.381 e. The van der Waals surface area contributed by atoms with Crippen molar-refractivity contribution >= 4 is 5.78 Å². The lowest BCUT2D eigenvalue weighted by atomic mass is 9.72. The van der Waals surface area contributed by atoms with E-state index in [0.717, 1.165) is 31.2 Å². The van der Waals surface area contributed by atoms with Gasteiger partial charge in [-0.15, -0.1) is 0 Å². The maximum absolute atomic E-state index is 13.1. The first-order valence-corrected chi connectivity index (χ1v) is 7.77. The Morgan fingerprint density at radius 1 is 1.05 bits per heavy atom. The van der Waals surface area contributed by atoms with E-state index in [1.165, 1.54) is 12.1 Å². The van der Waals surface area contributed by atoms with E-state index in [-0.39, 0.29) is 23.6 Å². The number of allylic oxidation sites excluding steroid dienone is 2. The maximum atomic E-state index is 13.1. The summed E-state index contributed by atoms with van der Waals surface area (Å²) in [6.07, 6.45) is 7.61. The summed E-state index contributed by atoms with van der Waals surface area (Å²) in [4.78, 5) is 12.8. The van der Waals surface area contributed by atoms with Crippen molar-refractivity contribution in [1.29, 1.82) is 0 Å². The summed E-state index contributed by atoms with van der Waals surface area (Å²) in [5.41, 5.74) is 1.08. The summed E-state index contributed by atoms with van der Waals surface area (Å²) in [5, 5.41) is 0. The Balaban J connectivity index is 1.79. The zero-order valence-electron chi connectivity index (χ0n) is 12.1. The van der Waals surface area contributed by atoms with Crippen molar-refractivity contribution < 1.29 is 13.9 Å². The molecule has 1 unspecified atom stereocenters. The van der Waals surface area contributed by atoms with Crippen LogP contribution in [0.25, 0.3) is 0 Å². The van der Waals surface area contributed by atoms with Gasteiger partial charge in [0, 0.05) is 25.0 Å². The highest BCUT2D eigenvalue weighted by molar-refractivity contribution is 5.84. The second-order valence-corrected chi connectivity index (χ2v) is 6.00. The highest BCUT2D eigenvalue weighted by atomic mass is 19.1. The molecule has 112 valence electrons. The van der Waals surface area contributed by atoms with Gasteiger partial charge in [-0.05, 0) is 49.3 Å². The van der Waals surface area contributed by atoms with Crippen molar-refractivity contribution in [2.45, 2.75) is 31.6 Å². The molecule has 2 aliphatic rings. The van der Waals surface area contributed by atoms with E-state index < -0.39 is 0 Å². The van der Waals surface area contributed by atoms with Gasteiger partial charge in [-0.1, -0.05) is 24.3 Å². The average Bonchev–Trinajstić information content (AvgIpc) is 2.56. The Hall–Kier alpha value is -1.48.